The van der Waals surface area contributed by atoms with E-state index in [0.29, 0.717) is 12.2 Å². The molecule has 0 spiro atoms. The highest BCUT2D eigenvalue weighted by atomic mass is 16.6. The van der Waals surface area contributed by atoms with Gasteiger partial charge in [-0.25, -0.2) is 0 Å². The van der Waals surface area contributed by atoms with Crippen LogP contribution in [-0.2, 0) is 12.8 Å². The molecule has 1 aliphatic heterocycles. The lowest BCUT2D eigenvalue weighted by molar-refractivity contribution is -0.384. The number of fused-ring (bicyclic) bond motifs is 1. The molecule has 1 atom stereocenters. The van der Waals surface area contributed by atoms with E-state index >= 15 is 0 Å². The van der Waals surface area contributed by atoms with E-state index in [2.05, 4.69) is 4.90 Å². The van der Waals surface area contributed by atoms with Crippen molar-refractivity contribution in [2.45, 2.75) is 18.9 Å². The molecule has 0 amide bonds. The highest BCUT2D eigenvalue weighted by Crippen LogP contribution is 2.42. The predicted molar refractivity (Wildman–Crippen MR) is 90.5 cm³/mol. The summed E-state index contributed by atoms with van der Waals surface area (Å²) in [4.78, 5) is 12.8. The molecule has 0 aliphatic carbocycles. The lowest BCUT2D eigenvalue weighted by Crippen LogP contribution is -2.33. The third-order valence-corrected chi connectivity index (χ3v) is 4.64. The third kappa shape index (κ3) is 2.92. The number of aromatic hydroxyl groups is 1. The number of benzene rings is 2. The van der Waals surface area contributed by atoms with Gasteiger partial charge >= 0.3 is 0 Å². The molecule has 0 radical (unpaired) electrons. The number of methoxy groups -OCH3 is 1. The van der Waals surface area contributed by atoms with Crippen LogP contribution in [0.2, 0.25) is 0 Å². The van der Waals surface area contributed by atoms with Crippen molar-refractivity contribution in [3.63, 3.8) is 0 Å². The number of phenolic OH excluding ortho intramolecular Hbond substituents is 1. The Balaban J connectivity index is 2.00. The minimum atomic E-state index is -0.386. The Morgan fingerprint density at radius 1 is 1.38 bits per heavy atom. The molecule has 0 saturated heterocycles. The maximum absolute atomic E-state index is 11.0. The largest absolute Gasteiger partial charge is 0.504 e. The second-order valence-electron chi connectivity index (χ2n) is 6.07. The Bertz CT molecular complexity index is 776. The standard InChI is InChI=1S/C18H20N2O4/c1-19-9-8-13-6-7-16(24-2)18(21)17(13)15(19)11-12-4-3-5-14(10-12)20(22)23/h3-7,10,15,21H,8-9,11H2,1-2H3. The van der Waals surface area contributed by atoms with Gasteiger partial charge in [0.1, 0.15) is 0 Å². The highest BCUT2D eigenvalue weighted by molar-refractivity contribution is 5.53. The summed E-state index contributed by atoms with van der Waals surface area (Å²) in [7, 11) is 3.54. The van der Waals surface area contributed by atoms with Gasteiger partial charge in [0.25, 0.3) is 5.69 Å². The molecule has 0 bridgehead atoms. The summed E-state index contributed by atoms with van der Waals surface area (Å²) in [5.41, 5.74) is 2.91. The zero-order chi connectivity index (χ0) is 17.3. The number of non-ortho nitro benzene ring substituents is 1. The summed E-state index contributed by atoms with van der Waals surface area (Å²) in [6, 6.07) is 10.4. The minimum Gasteiger partial charge on any atom is -0.504 e. The number of rotatable bonds is 4. The van der Waals surface area contributed by atoms with E-state index in [1.54, 1.807) is 18.2 Å². The van der Waals surface area contributed by atoms with E-state index in [0.717, 1.165) is 29.7 Å². The number of nitro groups is 1. The molecule has 2 aromatic carbocycles. The maximum atomic E-state index is 11.0. The number of ether oxygens (including phenoxy) is 1. The van der Waals surface area contributed by atoms with Gasteiger partial charge in [0.2, 0.25) is 0 Å². The average molecular weight is 328 g/mol. The second kappa shape index (κ2) is 6.49. The summed E-state index contributed by atoms with van der Waals surface area (Å²) in [6.45, 7) is 0.873. The molecular weight excluding hydrogens is 308 g/mol. The Morgan fingerprint density at radius 3 is 2.88 bits per heavy atom. The molecule has 3 rings (SSSR count). The zero-order valence-corrected chi connectivity index (χ0v) is 13.7. The zero-order valence-electron chi connectivity index (χ0n) is 13.7. The average Bonchev–Trinajstić information content (AvgIpc) is 2.58. The first-order chi connectivity index (χ1) is 11.5. The van der Waals surface area contributed by atoms with Crippen LogP contribution in [0.1, 0.15) is 22.7 Å². The molecule has 1 aliphatic rings. The van der Waals surface area contributed by atoms with Gasteiger partial charge in [0, 0.05) is 30.3 Å². The van der Waals surface area contributed by atoms with Crippen LogP contribution in [0.15, 0.2) is 36.4 Å². The first-order valence-electron chi connectivity index (χ1n) is 7.83. The summed E-state index contributed by atoms with van der Waals surface area (Å²) in [5, 5.41) is 21.6. The molecule has 1 heterocycles. The Hall–Kier alpha value is -2.60. The van der Waals surface area contributed by atoms with Gasteiger partial charge in [-0.05, 0) is 37.1 Å². The van der Waals surface area contributed by atoms with E-state index in [1.165, 1.54) is 13.2 Å². The molecule has 6 nitrogen and oxygen atoms in total. The van der Waals surface area contributed by atoms with E-state index in [9.17, 15) is 15.2 Å². The molecule has 0 aromatic heterocycles. The van der Waals surface area contributed by atoms with E-state index < -0.39 is 0 Å². The van der Waals surface area contributed by atoms with Crippen molar-refractivity contribution in [1.82, 2.24) is 4.90 Å². The third-order valence-electron chi connectivity index (χ3n) is 4.64. The van der Waals surface area contributed by atoms with Crippen LogP contribution >= 0.6 is 0 Å². The van der Waals surface area contributed by atoms with Crippen molar-refractivity contribution in [1.29, 1.82) is 0 Å². The monoisotopic (exact) mass is 328 g/mol. The van der Waals surface area contributed by atoms with Gasteiger partial charge in [-0.15, -0.1) is 0 Å². The topological polar surface area (TPSA) is 75.8 Å². The first-order valence-corrected chi connectivity index (χ1v) is 7.83. The SMILES string of the molecule is COc1ccc2c(c1O)C(Cc1cccc([N+](=O)[O-])c1)N(C)CC2. The number of likely N-dealkylation sites (N-methyl/N-ethyl adjacent to an activating group) is 1. The van der Waals surface area contributed by atoms with Gasteiger partial charge in [0.15, 0.2) is 11.5 Å². The molecule has 6 heteroatoms. The van der Waals surface area contributed by atoms with Gasteiger partial charge in [-0.1, -0.05) is 18.2 Å². The molecule has 1 unspecified atom stereocenters. The molecule has 0 fully saturated rings. The van der Waals surface area contributed by atoms with Crippen LogP contribution in [-0.4, -0.2) is 35.6 Å². The predicted octanol–water partition coefficient (Wildman–Crippen LogP) is 3.08. The molecular formula is C18H20N2O4. The number of phenols is 1. The van der Waals surface area contributed by atoms with Crippen LogP contribution in [0.5, 0.6) is 11.5 Å². The molecule has 1 N–H and O–H groups in total. The van der Waals surface area contributed by atoms with E-state index in [1.807, 2.05) is 19.2 Å². The van der Waals surface area contributed by atoms with Gasteiger partial charge < -0.3 is 9.84 Å². The quantitative estimate of drug-likeness (QED) is 0.689. The van der Waals surface area contributed by atoms with Crippen molar-refractivity contribution in [3.8, 4) is 11.5 Å². The minimum absolute atomic E-state index is 0.0501. The summed E-state index contributed by atoms with van der Waals surface area (Å²) < 4.78 is 5.24. The van der Waals surface area contributed by atoms with E-state index in [4.69, 9.17) is 4.74 Å². The fourth-order valence-electron chi connectivity index (χ4n) is 3.34. The van der Waals surface area contributed by atoms with Crippen LogP contribution in [0, 0.1) is 10.1 Å². The maximum Gasteiger partial charge on any atom is 0.269 e. The molecule has 0 saturated carbocycles. The van der Waals surface area contributed by atoms with Crippen molar-refractivity contribution in [3.05, 3.63) is 63.2 Å². The number of nitro benzene ring substituents is 1. The van der Waals surface area contributed by atoms with Crippen molar-refractivity contribution in [2.24, 2.45) is 0 Å². The number of nitrogens with zero attached hydrogens (tertiary/aromatic N) is 2. The second-order valence-corrected chi connectivity index (χ2v) is 6.07. The molecule has 24 heavy (non-hydrogen) atoms. The highest BCUT2D eigenvalue weighted by Gasteiger charge is 2.29. The summed E-state index contributed by atoms with van der Waals surface area (Å²) in [5.74, 6) is 0.616. The van der Waals surface area contributed by atoms with Crippen molar-refractivity contribution >= 4 is 5.69 Å². The molecule has 126 valence electrons. The first kappa shape index (κ1) is 16.3. The van der Waals surface area contributed by atoms with Crippen LogP contribution in [0.4, 0.5) is 5.69 Å². The van der Waals surface area contributed by atoms with Crippen LogP contribution in [0.3, 0.4) is 0 Å². The lowest BCUT2D eigenvalue weighted by Gasteiger charge is -2.35. The normalized spacial score (nSPS) is 17.3. The van der Waals surface area contributed by atoms with Gasteiger partial charge in [0.05, 0.1) is 12.0 Å². The summed E-state index contributed by atoms with van der Waals surface area (Å²) in [6.07, 6.45) is 1.45. The Kier molecular flexibility index (Phi) is 4.40. The summed E-state index contributed by atoms with van der Waals surface area (Å²) >= 11 is 0. The lowest BCUT2D eigenvalue weighted by atomic mass is 9.88. The fraction of sp³-hybridized carbons (Fsp3) is 0.333. The van der Waals surface area contributed by atoms with E-state index in [-0.39, 0.29) is 22.4 Å². The van der Waals surface area contributed by atoms with Crippen molar-refractivity contribution in [2.75, 3.05) is 20.7 Å². The number of hydrogen-bond acceptors (Lipinski definition) is 5. The Labute approximate surface area is 140 Å². The van der Waals surface area contributed by atoms with Gasteiger partial charge in [-0.2, -0.15) is 0 Å². The van der Waals surface area contributed by atoms with Crippen LogP contribution in [0.25, 0.3) is 0 Å². The van der Waals surface area contributed by atoms with Crippen molar-refractivity contribution < 1.29 is 14.8 Å². The Morgan fingerprint density at radius 2 is 2.17 bits per heavy atom. The smallest absolute Gasteiger partial charge is 0.269 e. The fourth-order valence-corrected chi connectivity index (χ4v) is 3.34. The van der Waals surface area contributed by atoms with Gasteiger partial charge in [-0.3, -0.25) is 15.0 Å². The molecule has 2 aromatic rings. The number of hydrogen-bond donors (Lipinski definition) is 1. The van der Waals surface area contributed by atoms with Crippen LogP contribution < -0.4 is 4.74 Å².